The number of nitrogens with one attached hydrogen (secondary N) is 1. The van der Waals surface area contributed by atoms with E-state index in [0.29, 0.717) is 19.1 Å². The molecule has 2 N–H and O–H groups in total. The van der Waals surface area contributed by atoms with E-state index in [4.69, 9.17) is 4.74 Å². The number of nitrogens with zero attached hydrogens (tertiary/aromatic N) is 2. The molecule has 23 heavy (non-hydrogen) atoms. The molecule has 2 atom stereocenters. The molecule has 1 aromatic heterocycles. The lowest BCUT2D eigenvalue weighted by atomic mass is 9.97. The van der Waals surface area contributed by atoms with Crippen molar-refractivity contribution in [2.75, 3.05) is 26.2 Å². The summed E-state index contributed by atoms with van der Waals surface area (Å²) in [5.74, 6) is 2.34. The van der Waals surface area contributed by atoms with E-state index in [0.717, 1.165) is 43.1 Å². The number of β-amino-alcohol motifs (C(OH)–C–C–N with tert-alkyl or cyclic N) is 1. The molecule has 0 spiro atoms. The van der Waals surface area contributed by atoms with Crippen LogP contribution in [0, 0.1) is 6.92 Å². The summed E-state index contributed by atoms with van der Waals surface area (Å²) in [5.41, 5.74) is 1.09. The second-order valence-corrected chi connectivity index (χ2v) is 6.30. The SMILES string of the molecule is Cc1ccccc1OCC(O)CN1CCCC(c2ncc[nH]2)C1. The molecule has 2 heterocycles. The van der Waals surface area contributed by atoms with Crippen LogP contribution in [0.1, 0.15) is 30.1 Å². The smallest absolute Gasteiger partial charge is 0.122 e. The first-order valence-corrected chi connectivity index (χ1v) is 8.30. The Morgan fingerprint density at radius 2 is 2.30 bits per heavy atom. The van der Waals surface area contributed by atoms with Gasteiger partial charge in [0.25, 0.3) is 0 Å². The van der Waals surface area contributed by atoms with E-state index < -0.39 is 6.10 Å². The normalized spacial score (nSPS) is 20.3. The fourth-order valence-electron chi connectivity index (χ4n) is 3.20. The van der Waals surface area contributed by atoms with Crippen LogP contribution in [0.2, 0.25) is 0 Å². The summed E-state index contributed by atoms with van der Waals surface area (Å²) in [7, 11) is 0. The van der Waals surface area contributed by atoms with Crippen LogP contribution in [-0.4, -0.2) is 52.3 Å². The Bertz CT molecular complexity index is 600. The van der Waals surface area contributed by atoms with Gasteiger partial charge >= 0.3 is 0 Å². The topological polar surface area (TPSA) is 61.4 Å². The molecule has 0 saturated carbocycles. The minimum absolute atomic E-state index is 0.326. The zero-order valence-corrected chi connectivity index (χ0v) is 13.6. The van der Waals surface area contributed by atoms with Crippen molar-refractivity contribution in [3.8, 4) is 5.75 Å². The van der Waals surface area contributed by atoms with Gasteiger partial charge in [-0.2, -0.15) is 0 Å². The maximum atomic E-state index is 10.3. The number of hydrogen-bond acceptors (Lipinski definition) is 4. The van der Waals surface area contributed by atoms with Crippen LogP contribution in [0.25, 0.3) is 0 Å². The van der Waals surface area contributed by atoms with Crippen LogP contribution < -0.4 is 4.74 Å². The number of H-pyrrole nitrogens is 1. The zero-order valence-electron chi connectivity index (χ0n) is 13.6. The predicted octanol–water partition coefficient (Wildman–Crippen LogP) is 2.34. The molecule has 124 valence electrons. The molecule has 1 aliphatic heterocycles. The molecule has 5 nitrogen and oxygen atoms in total. The Morgan fingerprint density at radius 1 is 1.43 bits per heavy atom. The number of aliphatic hydroxyl groups is 1. The second-order valence-electron chi connectivity index (χ2n) is 6.30. The quantitative estimate of drug-likeness (QED) is 0.859. The van der Waals surface area contributed by atoms with Crippen molar-refractivity contribution in [3.63, 3.8) is 0 Å². The molecule has 1 fully saturated rings. The standard InChI is InChI=1S/C18H25N3O2/c1-14-5-2-3-7-17(14)23-13-16(22)12-21-10-4-6-15(11-21)18-19-8-9-20-18/h2-3,5,7-9,15-16,22H,4,6,10-13H2,1H3,(H,19,20). The summed E-state index contributed by atoms with van der Waals surface area (Å²) >= 11 is 0. The molecular formula is C18H25N3O2. The molecule has 1 aliphatic rings. The highest BCUT2D eigenvalue weighted by atomic mass is 16.5. The number of aromatic amines is 1. The average Bonchev–Trinajstić information content (AvgIpc) is 3.09. The van der Waals surface area contributed by atoms with Gasteiger partial charge in [0.15, 0.2) is 0 Å². The first kappa shape index (κ1) is 16.0. The molecule has 1 aromatic carbocycles. The summed E-state index contributed by atoms with van der Waals surface area (Å²) in [6.45, 7) is 4.95. The second kappa shape index (κ2) is 7.62. The highest BCUT2D eigenvalue weighted by molar-refractivity contribution is 5.31. The van der Waals surface area contributed by atoms with Gasteiger partial charge in [-0.05, 0) is 37.9 Å². The number of piperidine rings is 1. The third-order valence-electron chi connectivity index (χ3n) is 4.41. The largest absolute Gasteiger partial charge is 0.491 e. The summed E-state index contributed by atoms with van der Waals surface area (Å²) in [6.07, 6.45) is 5.49. The number of hydrogen-bond donors (Lipinski definition) is 2. The van der Waals surface area contributed by atoms with Gasteiger partial charge in [-0.15, -0.1) is 0 Å². The van der Waals surface area contributed by atoms with Crippen molar-refractivity contribution in [1.29, 1.82) is 0 Å². The predicted molar refractivity (Wildman–Crippen MR) is 89.7 cm³/mol. The lowest BCUT2D eigenvalue weighted by Crippen LogP contribution is -2.41. The highest BCUT2D eigenvalue weighted by Gasteiger charge is 2.24. The highest BCUT2D eigenvalue weighted by Crippen LogP contribution is 2.24. The van der Waals surface area contributed by atoms with E-state index in [1.165, 1.54) is 0 Å². The van der Waals surface area contributed by atoms with Gasteiger partial charge in [0.1, 0.15) is 24.3 Å². The molecule has 2 aromatic rings. The Labute approximate surface area is 137 Å². The molecule has 0 aliphatic carbocycles. The van der Waals surface area contributed by atoms with E-state index in [-0.39, 0.29) is 0 Å². The van der Waals surface area contributed by atoms with Crippen molar-refractivity contribution < 1.29 is 9.84 Å². The molecular weight excluding hydrogens is 290 g/mol. The Balaban J connectivity index is 1.47. The van der Waals surface area contributed by atoms with E-state index >= 15 is 0 Å². The Hall–Kier alpha value is -1.85. The molecule has 0 amide bonds. The molecule has 0 bridgehead atoms. The summed E-state index contributed by atoms with van der Waals surface area (Å²) in [4.78, 5) is 9.89. The summed E-state index contributed by atoms with van der Waals surface area (Å²) < 4.78 is 5.74. The van der Waals surface area contributed by atoms with E-state index in [2.05, 4.69) is 14.9 Å². The number of benzene rings is 1. The molecule has 1 saturated heterocycles. The number of ether oxygens (including phenoxy) is 1. The van der Waals surface area contributed by atoms with Crippen LogP contribution in [0.5, 0.6) is 5.75 Å². The third-order valence-corrected chi connectivity index (χ3v) is 4.41. The van der Waals surface area contributed by atoms with E-state index in [1.807, 2.05) is 37.4 Å². The van der Waals surface area contributed by atoms with Crippen molar-refractivity contribution in [3.05, 3.63) is 48.0 Å². The number of likely N-dealkylation sites (tertiary alicyclic amines) is 1. The first-order chi connectivity index (χ1) is 11.2. The van der Waals surface area contributed by atoms with Crippen LogP contribution in [0.15, 0.2) is 36.7 Å². The maximum Gasteiger partial charge on any atom is 0.122 e. The average molecular weight is 315 g/mol. The molecule has 2 unspecified atom stereocenters. The fourth-order valence-corrected chi connectivity index (χ4v) is 3.20. The van der Waals surface area contributed by atoms with Gasteiger partial charge in [-0.3, -0.25) is 4.90 Å². The minimum atomic E-state index is -0.482. The molecule has 0 radical (unpaired) electrons. The monoisotopic (exact) mass is 315 g/mol. The zero-order chi connectivity index (χ0) is 16.1. The first-order valence-electron chi connectivity index (χ1n) is 8.30. The lowest BCUT2D eigenvalue weighted by Gasteiger charge is -2.33. The summed E-state index contributed by atoms with van der Waals surface area (Å²) in [5, 5.41) is 10.3. The van der Waals surface area contributed by atoms with Crippen LogP contribution in [0.4, 0.5) is 0 Å². The van der Waals surface area contributed by atoms with Crippen molar-refractivity contribution in [1.82, 2.24) is 14.9 Å². The van der Waals surface area contributed by atoms with Crippen LogP contribution >= 0.6 is 0 Å². The molecule has 5 heteroatoms. The molecule has 3 rings (SSSR count). The number of para-hydroxylation sites is 1. The number of rotatable bonds is 6. The van der Waals surface area contributed by atoms with Gasteiger partial charge in [0, 0.05) is 31.4 Å². The van der Waals surface area contributed by atoms with E-state index in [9.17, 15) is 5.11 Å². The van der Waals surface area contributed by atoms with Gasteiger partial charge in [0.2, 0.25) is 0 Å². The number of aryl methyl sites for hydroxylation is 1. The Kier molecular flexibility index (Phi) is 5.31. The maximum absolute atomic E-state index is 10.3. The van der Waals surface area contributed by atoms with Gasteiger partial charge in [-0.1, -0.05) is 18.2 Å². The van der Waals surface area contributed by atoms with Crippen LogP contribution in [-0.2, 0) is 0 Å². The number of imidazole rings is 1. The lowest BCUT2D eigenvalue weighted by molar-refractivity contribution is 0.0576. The van der Waals surface area contributed by atoms with Gasteiger partial charge in [0.05, 0.1) is 0 Å². The van der Waals surface area contributed by atoms with Crippen LogP contribution in [0.3, 0.4) is 0 Å². The van der Waals surface area contributed by atoms with Gasteiger partial charge < -0.3 is 14.8 Å². The summed E-state index contributed by atoms with van der Waals surface area (Å²) in [6, 6.07) is 7.89. The van der Waals surface area contributed by atoms with Crippen molar-refractivity contribution >= 4 is 0 Å². The van der Waals surface area contributed by atoms with Gasteiger partial charge in [-0.25, -0.2) is 4.98 Å². The van der Waals surface area contributed by atoms with Crippen molar-refractivity contribution in [2.24, 2.45) is 0 Å². The minimum Gasteiger partial charge on any atom is -0.491 e. The fraction of sp³-hybridized carbons (Fsp3) is 0.500. The van der Waals surface area contributed by atoms with Crippen molar-refractivity contribution in [2.45, 2.75) is 31.8 Å². The van der Waals surface area contributed by atoms with E-state index in [1.54, 1.807) is 6.20 Å². The third kappa shape index (κ3) is 4.33. The Morgan fingerprint density at radius 3 is 3.09 bits per heavy atom. The number of aromatic nitrogens is 2. The number of aliphatic hydroxyl groups excluding tert-OH is 1.